The van der Waals surface area contributed by atoms with Gasteiger partial charge in [-0.1, -0.05) is 12.7 Å². The van der Waals surface area contributed by atoms with E-state index < -0.39 is 41.9 Å². The van der Waals surface area contributed by atoms with Crippen LogP contribution in [-0.2, 0) is 33.4 Å². The fourth-order valence-corrected chi connectivity index (χ4v) is 1.49. The van der Waals surface area contributed by atoms with Crippen LogP contribution in [0, 0.1) is 0 Å². The second kappa shape index (κ2) is 16.5. The number of allylic oxidation sites excluding steroid dienone is 1. The zero-order valence-electron chi connectivity index (χ0n) is 16.7. The predicted molar refractivity (Wildman–Crippen MR) is 97.0 cm³/mol. The molecule has 0 bridgehead atoms. The minimum atomic E-state index is -1.76. The van der Waals surface area contributed by atoms with E-state index in [2.05, 4.69) is 6.58 Å². The molecule has 0 aliphatic rings. The minimum Gasteiger partial charge on any atom is -0.550 e. The van der Waals surface area contributed by atoms with Gasteiger partial charge in [0.1, 0.15) is 5.60 Å². The third-order valence-electron chi connectivity index (χ3n) is 2.98. The summed E-state index contributed by atoms with van der Waals surface area (Å²) in [4.78, 5) is 52.6. The van der Waals surface area contributed by atoms with Crippen molar-refractivity contribution in [1.82, 2.24) is 0 Å². The standard InChI is InChI=1S/C14H20O6.C4H6O4.Mg/c1-5-7-11(15)20-14(4,13(17)18)8-6-9-19-12(16)10(2)3;5-3(6)1-2-4(7)8;/h5,7H,2,6,8-9H2,1,3-4H3,(H,17,18);1-2H2,(H,5,6)(H,7,8);/q;;+2/p-2. The number of carbonyl (C=O) groups excluding carboxylic acids is 4. The zero-order chi connectivity index (χ0) is 22.3. The molecular weight excluding hydrogens is 400 g/mol. The maximum Gasteiger partial charge on any atom is 2.00 e. The summed E-state index contributed by atoms with van der Waals surface area (Å²) in [5.41, 5.74) is -1.50. The molecule has 1 N–H and O–H groups in total. The van der Waals surface area contributed by atoms with Gasteiger partial charge in [-0.2, -0.15) is 0 Å². The van der Waals surface area contributed by atoms with Crippen LogP contribution in [0.4, 0.5) is 0 Å². The van der Waals surface area contributed by atoms with E-state index in [1.54, 1.807) is 6.92 Å². The molecule has 0 aromatic heterocycles. The van der Waals surface area contributed by atoms with Gasteiger partial charge in [0.05, 0.1) is 19.0 Å². The van der Waals surface area contributed by atoms with Gasteiger partial charge in [-0.25, -0.2) is 9.59 Å². The van der Waals surface area contributed by atoms with Crippen molar-refractivity contribution in [3.63, 3.8) is 0 Å². The van der Waals surface area contributed by atoms with Crippen LogP contribution in [0.2, 0.25) is 0 Å². The fourth-order valence-electron chi connectivity index (χ4n) is 1.49. The van der Waals surface area contributed by atoms with Gasteiger partial charge in [0.2, 0.25) is 0 Å². The largest absolute Gasteiger partial charge is 2.00 e. The molecule has 0 fully saturated rings. The molecule has 158 valence electrons. The molecule has 0 amide bonds. The molecule has 10 nitrogen and oxygen atoms in total. The van der Waals surface area contributed by atoms with Crippen LogP contribution in [-0.4, -0.2) is 70.2 Å². The van der Waals surface area contributed by atoms with Crippen molar-refractivity contribution in [2.24, 2.45) is 0 Å². The summed E-state index contributed by atoms with van der Waals surface area (Å²) in [6.45, 7) is 7.78. The fraction of sp³-hybridized carbons (Fsp3) is 0.500. The first-order valence-electron chi connectivity index (χ1n) is 8.17. The maximum atomic E-state index is 11.3. The maximum absolute atomic E-state index is 11.3. The molecular formula is C18H24MgO10. The van der Waals surface area contributed by atoms with Crippen LogP contribution < -0.4 is 10.2 Å². The molecule has 0 aromatic carbocycles. The summed E-state index contributed by atoms with van der Waals surface area (Å²) >= 11 is 0. The van der Waals surface area contributed by atoms with E-state index in [9.17, 15) is 34.2 Å². The van der Waals surface area contributed by atoms with Crippen LogP contribution in [0.3, 0.4) is 0 Å². The van der Waals surface area contributed by atoms with Gasteiger partial charge >= 0.3 is 41.0 Å². The van der Waals surface area contributed by atoms with Crippen molar-refractivity contribution in [3.05, 3.63) is 24.3 Å². The average Bonchev–Trinajstić information content (AvgIpc) is 2.57. The molecule has 0 heterocycles. The van der Waals surface area contributed by atoms with Crippen LogP contribution in [0.1, 0.15) is 46.5 Å². The van der Waals surface area contributed by atoms with Crippen molar-refractivity contribution in [3.8, 4) is 0 Å². The Morgan fingerprint density at radius 2 is 1.69 bits per heavy atom. The van der Waals surface area contributed by atoms with Crippen LogP contribution in [0.15, 0.2) is 24.3 Å². The number of aliphatic carboxylic acids is 3. The van der Waals surface area contributed by atoms with Crippen molar-refractivity contribution in [1.29, 1.82) is 0 Å². The Labute approximate surface area is 184 Å². The smallest absolute Gasteiger partial charge is 0.550 e. The third-order valence-corrected chi connectivity index (χ3v) is 2.98. The Morgan fingerprint density at radius 1 is 1.14 bits per heavy atom. The number of esters is 2. The first-order valence-corrected chi connectivity index (χ1v) is 8.17. The Morgan fingerprint density at radius 3 is 2.03 bits per heavy atom. The van der Waals surface area contributed by atoms with Crippen molar-refractivity contribution >= 4 is 52.9 Å². The van der Waals surface area contributed by atoms with Gasteiger partial charge in [0.25, 0.3) is 0 Å². The van der Waals surface area contributed by atoms with E-state index in [0.29, 0.717) is 0 Å². The van der Waals surface area contributed by atoms with Crippen LogP contribution >= 0.6 is 0 Å². The Hall–Kier alpha value is -2.40. The molecule has 0 saturated heterocycles. The number of carbonyl (C=O) groups is 5. The van der Waals surface area contributed by atoms with Crippen molar-refractivity contribution in [2.75, 3.05) is 6.61 Å². The number of hydrogen-bond acceptors (Lipinski definition) is 9. The third kappa shape index (κ3) is 17.4. The van der Waals surface area contributed by atoms with Gasteiger partial charge < -0.3 is 34.4 Å². The normalized spacial score (nSPS) is 11.7. The van der Waals surface area contributed by atoms with Gasteiger partial charge in [-0.3, -0.25) is 4.79 Å². The summed E-state index contributed by atoms with van der Waals surface area (Å²) in [6, 6.07) is 0. The van der Waals surface area contributed by atoms with Crippen LogP contribution in [0.5, 0.6) is 0 Å². The van der Waals surface area contributed by atoms with E-state index in [1.165, 1.54) is 19.9 Å². The summed E-state index contributed by atoms with van der Waals surface area (Å²) in [5, 5.41) is 28.5. The second-order valence-electron chi connectivity index (χ2n) is 5.72. The van der Waals surface area contributed by atoms with Gasteiger partial charge in [0, 0.05) is 17.6 Å². The van der Waals surface area contributed by atoms with E-state index >= 15 is 0 Å². The number of carboxylic acids is 3. The van der Waals surface area contributed by atoms with Gasteiger partial charge in [-0.05, 0) is 40.0 Å². The summed E-state index contributed by atoms with van der Waals surface area (Å²) in [6.07, 6.45) is 1.97. The van der Waals surface area contributed by atoms with Gasteiger partial charge in [0.15, 0.2) is 0 Å². The second-order valence-corrected chi connectivity index (χ2v) is 5.72. The number of carboxylic acid groups (broad SMARTS) is 3. The molecule has 0 spiro atoms. The predicted octanol–water partition coefficient (Wildman–Crippen LogP) is -1.27. The first-order chi connectivity index (χ1) is 12.9. The number of rotatable bonds is 11. The monoisotopic (exact) mass is 424 g/mol. The van der Waals surface area contributed by atoms with Gasteiger partial charge in [-0.15, -0.1) is 0 Å². The molecule has 0 rings (SSSR count). The summed E-state index contributed by atoms with van der Waals surface area (Å²) < 4.78 is 9.67. The Balaban J connectivity index is -0.000000636. The molecule has 0 aromatic rings. The molecule has 0 aliphatic carbocycles. The molecule has 0 radical (unpaired) electrons. The summed E-state index contributed by atoms with van der Waals surface area (Å²) in [5.74, 6) is -5.26. The number of ether oxygens (including phenoxy) is 2. The molecule has 29 heavy (non-hydrogen) atoms. The minimum absolute atomic E-state index is 0. The average molecular weight is 425 g/mol. The first kappa shape index (κ1) is 31.3. The van der Waals surface area contributed by atoms with Crippen LogP contribution in [0.25, 0.3) is 0 Å². The molecule has 1 unspecified atom stereocenters. The SMILES string of the molecule is C=C(C)C(=O)OCCCC(C)(OC(=O)C=CC)C(=O)[O-].O=C([O-])CCC(=O)O.[Mg+2]. The van der Waals surface area contributed by atoms with E-state index in [1.807, 2.05) is 0 Å². The van der Waals surface area contributed by atoms with E-state index in [0.717, 1.165) is 6.08 Å². The number of hydrogen-bond donors (Lipinski definition) is 1. The van der Waals surface area contributed by atoms with Crippen molar-refractivity contribution in [2.45, 2.75) is 52.1 Å². The Kier molecular flexibility index (Phi) is 17.9. The zero-order valence-corrected chi connectivity index (χ0v) is 18.1. The quantitative estimate of drug-likeness (QED) is 0.182. The molecule has 0 aliphatic heterocycles. The van der Waals surface area contributed by atoms with E-state index in [-0.39, 0.29) is 54.5 Å². The van der Waals surface area contributed by atoms with E-state index in [4.69, 9.17) is 14.6 Å². The topological polar surface area (TPSA) is 170 Å². The summed E-state index contributed by atoms with van der Waals surface area (Å²) in [7, 11) is 0. The Bertz CT molecular complexity index is 612. The molecule has 0 saturated carbocycles. The van der Waals surface area contributed by atoms with Crippen molar-refractivity contribution < 1.29 is 48.8 Å². The molecule has 11 heteroatoms. The molecule has 1 atom stereocenters.